The van der Waals surface area contributed by atoms with Crippen molar-refractivity contribution in [2.45, 2.75) is 43.5 Å². The van der Waals surface area contributed by atoms with Gasteiger partial charge in [0.1, 0.15) is 0 Å². The summed E-state index contributed by atoms with van der Waals surface area (Å²) in [6.45, 7) is 2.60. The van der Waals surface area contributed by atoms with Crippen molar-refractivity contribution < 1.29 is 13.2 Å². The first-order chi connectivity index (χ1) is 11.8. The zero-order valence-corrected chi connectivity index (χ0v) is 17.1. The van der Waals surface area contributed by atoms with E-state index in [4.69, 9.17) is 5.73 Å². The van der Waals surface area contributed by atoms with Crippen LogP contribution in [0.3, 0.4) is 0 Å². The molecule has 2 rings (SSSR count). The van der Waals surface area contributed by atoms with Crippen molar-refractivity contribution in [3.8, 4) is 0 Å². The Bertz CT molecular complexity index is 725. The molecule has 0 aliphatic heterocycles. The molecule has 0 bridgehead atoms. The second kappa shape index (κ2) is 9.55. The highest BCUT2D eigenvalue weighted by atomic mass is 35.5. The van der Waals surface area contributed by atoms with Gasteiger partial charge in [-0.2, -0.15) is 0 Å². The highest BCUT2D eigenvalue weighted by Gasteiger charge is 2.26. The molecule has 4 N–H and O–H groups in total. The quantitative estimate of drug-likeness (QED) is 0.674. The smallest absolute Gasteiger partial charge is 0.242 e. The monoisotopic (exact) mass is 404 g/mol. The number of amides is 1. The number of nitrogens with two attached hydrogens (primary N) is 1. The van der Waals surface area contributed by atoms with Crippen molar-refractivity contribution in [1.29, 1.82) is 0 Å². The Kier molecular flexibility index (Phi) is 8.33. The number of nitrogens with zero attached hydrogens (tertiary/aromatic N) is 1. The molecule has 1 amide bonds. The molecule has 0 heterocycles. The Balaban J connectivity index is 0.00000338. The summed E-state index contributed by atoms with van der Waals surface area (Å²) in [5.41, 5.74) is 7.15. The lowest BCUT2D eigenvalue weighted by Gasteiger charge is -2.26. The maximum atomic E-state index is 12.6. The Labute approximate surface area is 162 Å². The summed E-state index contributed by atoms with van der Waals surface area (Å²) in [5.74, 6) is -0.235. The van der Waals surface area contributed by atoms with Crippen molar-refractivity contribution in [3.63, 3.8) is 0 Å². The zero-order valence-electron chi connectivity index (χ0n) is 15.5. The first kappa shape index (κ1) is 22.7. The minimum atomic E-state index is -3.57. The van der Waals surface area contributed by atoms with E-state index in [1.165, 1.54) is 20.2 Å². The summed E-state index contributed by atoms with van der Waals surface area (Å²) in [6.07, 6.45) is 3.36. The maximum Gasteiger partial charge on any atom is 0.242 e. The standard InChI is InChI=1S/C17H28N4O3S.ClH/c1-4-19-15-9-8-14(25(23,24)21(2)3)11-16(15)20-17(22)12-6-5-7-13(18)10-12;/h8-9,11-13,19H,4-7,10,18H2,1-3H3,(H,20,22);1H. The minimum Gasteiger partial charge on any atom is -0.384 e. The molecule has 2 unspecified atom stereocenters. The van der Waals surface area contributed by atoms with Crippen LogP contribution in [0.2, 0.25) is 0 Å². The predicted octanol–water partition coefficient (Wildman–Crippen LogP) is 2.25. The topological polar surface area (TPSA) is 105 Å². The number of hydrogen-bond donors (Lipinski definition) is 3. The molecule has 26 heavy (non-hydrogen) atoms. The molecule has 1 fully saturated rings. The number of carbonyl (C=O) groups excluding carboxylic acids is 1. The normalized spacial score (nSPS) is 20.3. The van der Waals surface area contributed by atoms with Gasteiger partial charge in [0.15, 0.2) is 0 Å². The highest BCUT2D eigenvalue weighted by Crippen LogP contribution is 2.29. The molecule has 148 valence electrons. The van der Waals surface area contributed by atoms with Crippen LogP contribution in [0.15, 0.2) is 23.1 Å². The molecule has 1 saturated carbocycles. The molecule has 1 aromatic rings. The van der Waals surface area contributed by atoms with E-state index in [1.54, 1.807) is 12.1 Å². The van der Waals surface area contributed by atoms with Crippen molar-refractivity contribution >= 4 is 39.7 Å². The van der Waals surface area contributed by atoms with Crippen LogP contribution in [0.4, 0.5) is 11.4 Å². The Morgan fingerprint density at radius 1 is 1.27 bits per heavy atom. The predicted molar refractivity (Wildman–Crippen MR) is 107 cm³/mol. The molecule has 0 spiro atoms. The van der Waals surface area contributed by atoms with Gasteiger partial charge < -0.3 is 16.4 Å². The SMILES string of the molecule is CCNc1ccc(S(=O)(=O)N(C)C)cc1NC(=O)C1CCCC(N)C1.Cl. The fourth-order valence-corrected chi connectivity index (χ4v) is 3.97. The van der Waals surface area contributed by atoms with Crippen LogP contribution in [-0.2, 0) is 14.8 Å². The van der Waals surface area contributed by atoms with Gasteiger partial charge >= 0.3 is 0 Å². The molecule has 1 aliphatic carbocycles. The van der Waals surface area contributed by atoms with E-state index in [1.807, 2.05) is 6.92 Å². The summed E-state index contributed by atoms with van der Waals surface area (Å²) >= 11 is 0. The number of anilines is 2. The van der Waals surface area contributed by atoms with Gasteiger partial charge in [0.05, 0.1) is 16.3 Å². The first-order valence-corrected chi connectivity index (χ1v) is 10.1. The molecular weight excluding hydrogens is 376 g/mol. The molecule has 0 aromatic heterocycles. The van der Waals surface area contributed by atoms with Crippen LogP contribution < -0.4 is 16.4 Å². The van der Waals surface area contributed by atoms with Gasteiger partial charge in [-0.1, -0.05) is 6.42 Å². The Morgan fingerprint density at radius 3 is 2.54 bits per heavy atom. The minimum absolute atomic E-state index is 0. The third kappa shape index (κ3) is 5.33. The number of rotatable bonds is 6. The lowest BCUT2D eigenvalue weighted by molar-refractivity contribution is -0.120. The average Bonchev–Trinajstić information content (AvgIpc) is 2.56. The van der Waals surface area contributed by atoms with E-state index < -0.39 is 10.0 Å². The van der Waals surface area contributed by atoms with Crippen LogP contribution in [0.25, 0.3) is 0 Å². The third-order valence-corrected chi connectivity index (χ3v) is 6.29. The van der Waals surface area contributed by atoms with Crippen molar-refractivity contribution in [3.05, 3.63) is 18.2 Å². The van der Waals surface area contributed by atoms with Gasteiger partial charge in [0.2, 0.25) is 15.9 Å². The second-order valence-corrected chi connectivity index (χ2v) is 8.79. The van der Waals surface area contributed by atoms with Crippen LogP contribution in [0.1, 0.15) is 32.6 Å². The average molecular weight is 405 g/mol. The van der Waals surface area contributed by atoms with Gasteiger partial charge in [0.25, 0.3) is 0 Å². The number of benzene rings is 1. The van der Waals surface area contributed by atoms with Crippen molar-refractivity contribution in [2.75, 3.05) is 31.3 Å². The number of carbonyl (C=O) groups is 1. The molecular formula is C17H29ClN4O3S. The third-order valence-electron chi connectivity index (χ3n) is 4.48. The Hall–Kier alpha value is -1.35. The van der Waals surface area contributed by atoms with Gasteiger partial charge in [0, 0.05) is 32.6 Å². The molecule has 1 aromatic carbocycles. The summed E-state index contributed by atoms with van der Waals surface area (Å²) in [7, 11) is -0.604. The van der Waals surface area contributed by atoms with Crippen molar-refractivity contribution in [1.82, 2.24) is 4.31 Å². The lowest BCUT2D eigenvalue weighted by Crippen LogP contribution is -2.34. The maximum absolute atomic E-state index is 12.6. The highest BCUT2D eigenvalue weighted by molar-refractivity contribution is 7.89. The van der Waals surface area contributed by atoms with E-state index in [2.05, 4.69) is 10.6 Å². The molecule has 0 saturated heterocycles. The van der Waals surface area contributed by atoms with Crippen LogP contribution in [0.5, 0.6) is 0 Å². The van der Waals surface area contributed by atoms with E-state index in [0.29, 0.717) is 24.3 Å². The number of sulfonamides is 1. The zero-order chi connectivity index (χ0) is 18.6. The van der Waals surface area contributed by atoms with E-state index in [-0.39, 0.29) is 35.2 Å². The number of halogens is 1. The van der Waals surface area contributed by atoms with Gasteiger partial charge in [-0.05, 0) is 44.4 Å². The Morgan fingerprint density at radius 2 is 1.96 bits per heavy atom. The number of hydrogen-bond acceptors (Lipinski definition) is 5. The van der Waals surface area contributed by atoms with Gasteiger partial charge in [-0.3, -0.25) is 4.79 Å². The van der Waals surface area contributed by atoms with Gasteiger partial charge in [-0.15, -0.1) is 12.4 Å². The van der Waals surface area contributed by atoms with Crippen LogP contribution >= 0.6 is 12.4 Å². The van der Waals surface area contributed by atoms with E-state index >= 15 is 0 Å². The molecule has 0 radical (unpaired) electrons. The molecule has 9 heteroatoms. The fraction of sp³-hybridized carbons (Fsp3) is 0.588. The van der Waals surface area contributed by atoms with Gasteiger partial charge in [-0.25, -0.2) is 12.7 Å². The van der Waals surface area contributed by atoms with E-state index in [9.17, 15) is 13.2 Å². The van der Waals surface area contributed by atoms with Crippen LogP contribution in [0, 0.1) is 5.92 Å². The largest absolute Gasteiger partial charge is 0.384 e. The summed E-state index contributed by atoms with van der Waals surface area (Å²) in [4.78, 5) is 12.8. The number of nitrogens with one attached hydrogen (secondary N) is 2. The molecule has 7 nitrogen and oxygen atoms in total. The van der Waals surface area contributed by atoms with Crippen LogP contribution in [-0.4, -0.2) is 45.3 Å². The molecule has 2 atom stereocenters. The second-order valence-electron chi connectivity index (χ2n) is 6.64. The summed E-state index contributed by atoms with van der Waals surface area (Å²) in [5, 5.41) is 6.05. The van der Waals surface area contributed by atoms with E-state index in [0.717, 1.165) is 23.6 Å². The summed E-state index contributed by atoms with van der Waals surface area (Å²) in [6, 6.07) is 4.79. The first-order valence-electron chi connectivity index (χ1n) is 8.62. The summed E-state index contributed by atoms with van der Waals surface area (Å²) < 4.78 is 25.9. The lowest BCUT2D eigenvalue weighted by atomic mass is 9.85. The van der Waals surface area contributed by atoms with Crippen molar-refractivity contribution in [2.24, 2.45) is 11.7 Å². The fourth-order valence-electron chi connectivity index (χ4n) is 3.04. The molecule has 1 aliphatic rings.